The van der Waals surface area contributed by atoms with E-state index in [1.807, 2.05) is 58.0 Å². The van der Waals surface area contributed by atoms with Crippen LogP contribution in [-0.4, -0.2) is 26.6 Å². The maximum atomic E-state index is 12.8. The highest BCUT2D eigenvalue weighted by molar-refractivity contribution is 7.92. The van der Waals surface area contributed by atoms with Crippen LogP contribution in [0.15, 0.2) is 36.4 Å². The average molecular weight is 375 g/mol. The maximum Gasteiger partial charge on any atom is 0.248 e. The van der Waals surface area contributed by atoms with Crippen LogP contribution < -0.4 is 9.62 Å². The molecule has 2 rings (SSSR count). The van der Waals surface area contributed by atoms with E-state index in [2.05, 4.69) is 5.32 Å². The third-order valence-electron chi connectivity index (χ3n) is 4.34. The second kappa shape index (κ2) is 7.50. The van der Waals surface area contributed by atoms with E-state index in [1.165, 1.54) is 4.31 Å². The van der Waals surface area contributed by atoms with Crippen LogP contribution >= 0.6 is 0 Å². The lowest BCUT2D eigenvalue weighted by Crippen LogP contribution is -2.45. The zero-order chi connectivity index (χ0) is 19.6. The van der Waals surface area contributed by atoms with Crippen LogP contribution in [0.25, 0.3) is 0 Å². The number of amides is 1. The number of nitrogens with one attached hydrogen (secondary N) is 1. The fraction of sp³-hybridized carbons (Fsp3) is 0.350. The molecule has 26 heavy (non-hydrogen) atoms. The number of benzene rings is 2. The second-order valence-corrected chi connectivity index (χ2v) is 8.69. The van der Waals surface area contributed by atoms with Gasteiger partial charge in [0.05, 0.1) is 11.9 Å². The van der Waals surface area contributed by atoms with Crippen molar-refractivity contribution < 1.29 is 13.2 Å². The van der Waals surface area contributed by atoms with Gasteiger partial charge in [0.2, 0.25) is 15.9 Å². The van der Waals surface area contributed by atoms with Crippen molar-refractivity contribution in [3.63, 3.8) is 0 Å². The van der Waals surface area contributed by atoms with E-state index in [0.29, 0.717) is 11.4 Å². The molecule has 6 heteroatoms. The molecule has 0 radical (unpaired) electrons. The molecule has 0 aliphatic carbocycles. The second-order valence-electron chi connectivity index (χ2n) is 6.83. The first-order valence-corrected chi connectivity index (χ1v) is 10.3. The zero-order valence-corrected chi connectivity index (χ0v) is 16.9. The molecule has 0 fully saturated rings. The summed E-state index contributed by atoms with van der Waals surface area (Å²) in [6.07, 6.45) is 1.12. The molecule has 0 aromatic heterocycles. The molecule has 140 valence electrons. The number of aryl methyl sites for hydroxylation is 4. The smallest absolute Gasteiger partial charge is 0.248 e. The predicted molar refractivity (Wildman–Crippen MR) is 107 cm³/mol. The maximum absolute atomic E-state index is 12.8. The lowest BCUT2D eigenvalue weighted by molar-refractivity contribution is -0.116. The van der Waals surface area contributed by atoms with E-state index in [4.69, 9.17) is 0 Å². The molecule has 0 aliphatic heterocycles. The van der Waals surface area contributed by atoms with Crippen molar-refractivity contribution in [2.75, 3.05) is 15.9 Å². The van der Waals surface area contributed by atoms with Gasteiger partial charge in [0, 0.05) is 5.69 Å². The summed E-state index contributed by atoms with van der Waals surface area (Å²) in [7, 11) is -3.64. The van der Waals surface area contributed by atoms with E-state index in [9.17, 15) is 13.2 Å². The summed E-state index contributed by atoms with van der Waals surface area (Å²) in [4.78, 5) is 12.8. The summed E-state index contributed by atoms with van der Waals surface area (Å²) >= 11 is 0. The van der Waals surface area contributed by atoms with Crippen LogP contribution in [0.1, 0.15) is 29.2 Å². The summed E-state index contributed by atoms with van der Waals surface area (Å²) in [5.41, 5.74) is 4.89. The van der Waals surface area contributed by atoms with Gasteiger partial charge in [-0.25, -0.2) is 8.42 Å². The number of sulfonamides is 1. The molecule has 5 nitrogen and oxygen atoms in total. The number of nitrogens with zero attached hydrogens (tertiary/aromatic N) is 1. The quantitative estimate of drug-likeness (QED) is 0.867. The van der Waals surface area contributed by atoms with E-state index in [0.717, 1.165) is 28.5 Å². The standard InChI is InChI=1S/C20H26N2O3S/c1-13-7-9-15(3)18(11-13)21-20(23)17(5)22(26(6,24)25)19-12-14(2)8-10-16(19)4/h7-12,17H,1-6H3,(H,21,23)/t17-/m0/s1. The molecular weight excluding hydrogens is 348 g/mol. The molecule has 2 aromatic rings. The number of hydrogen-bond acceptors (Lipinski definition) is 3. The average Bonchev–Trinajstić information content (AvgIpc) is 2.53. The van der Waals surface area contributed by atoms with E-state index in [1.54, 1.807) is 13.0 Å². The highest BCUT2D eigenvalue weighted by atomic mass is 32.2. The highest BCUT2D eigenvalue weighted by Crippen LogP contribution is 2.27. The third kappa shape index (κ3) is 4.43. The first-order chi connectivity index (χ1) is 12.0. The summed E-state index contributed by atoms with van der Waals surface area (Å²) in [5, 5.41) is 2.86. The Bertz CT molecular complexity index is 936. The van der Waals surface area contributed by atoms with Gasteiger partial charge in [0.25, 0.3) is 0 Å². The van der Waals surface area contributed by atoms with Gasteiger partial charge >= 0.3 is 0 Å². The van der Waals surface area contributed by atoms with Crippen molar-refractivity contribution in [3.05, 3.63) is 58.7 Å². The van der Waals surface area contributed by atoms with Gasteiger partial charge in [-0.2, -0.15) is 0 Å². The van der Waals surface area contributed by atoms with Crippen LogP contribution in [0.5, 0.6) is 0 Å². The van der Waals surface area contributed by atoms with Gasteiger partial charge in [0.15, 0.2) is 0 Å². The molecule has 2 aromatic carbocycles. The summed E-state index contributed by atoms with van der Waals surface area (Å²) in [5.74, 6) is -0.370. The lowest BCUT2D eigenvalue weighted by Gasteiger charge is -2.30. The largest absolute Gasteiger partial charge is 0.324 e. The molecule has 1 atom stereocenters. The Labute approximate surface area is 156 Å². The van der Waals surface area contributed by atoms with Gasteiger partial charge < -0.3 is 5.32 Å². The normalized spacial score (nSPS) is 12.5. The molecule has 0 aliphatic rings. The molecule has 0 heterocycles. The number of carbonyl (C=O) groups is 1. The van der Waals surface area contributed by atoms with Crippen LogP contribution in [0, 0.1) is 27.7 Å². The fourth-order valence-corrected chi connectivity index (χ4v) is 4.07. The van der Waals surface area contributed by atoms with Crippen molar-refractivity contribution in [2.24, 2.45) is 0 Å². The molecule has 0 saturated heterocycles. The number of anilines is 2. The lowest BCUT2D eigenvalue weighted by atomic mass is 10.1. The summed E-state index contributed by atoms with van der Waals surface area (Å²) < 4.78 is 26.1. The first kappa shape index (κ1) is 20.0. The Kier molecular flexibility index (Phi) is 5.76. The topological polar surface area (TPSA) is 66.5 Å². The van der Waals surface area contributed by atoms with Crippen molar-refractivity contribution >= 4 is 27.3 Å². The third-order valence-corrected chi connectivity index (χ3v) is 5.57. The first-order valence-electron chi connectivity index (χ1n) is 8.45. The van der Waals surface area contributed by atoms with Gasteiger partial charge in [0.1, 0.15) is 6.04 Å². The fourth-order valence-electron chi connectivity index (χ4n) is 2.85. The number of hydrogen-bond donors (Lipinski definition) is 1. The Morgan fingerprint density at radius 3 is 2.08 bits per heavy atom. The molecule has 0 spiro atoms. The van der Waals surface area contributed by atoms with Crippen LogP contribution in [0.3, 0.4) is 0 Å². The van der Waals surface area contributed by atoms with Gasteiger partial charge in [-0.1, -0.05) is 24.3 Å². The molecule has 1 N–H and O–H groups in total. The SMILES string of the molecule is Cc1ccc(C)c(NC(=O)[C@H](C)N(c2cc(C)ccc2C)S(C)(=O)=O)c1. The molecule has 1 amide bonds. The minimum Gasteiger partial charge on any atom is -0.324 e. The molecular formula is C20H26N2O3S. The minimum absolute atomic E-state index is 0.370. The molecule has 0 unspecified atom stereocenters. The van der Waals surface area contributed by atoms with Crippen LogP contribution in [0.4, 0.5) is 11.4 Å². The predicted octanol–water partition coefficient (Wildman–Crippen LogP) is 3.71. The van der Waals surface area contributed by atoms with Crippen molar-refractivity contribution in [3.8, 4) is 0 Å². The van der Waals surface area contributed by atoms with Crippen LogP contribution in [-0.2, 0) is 14.8 Å². The Hall–Kier alpha value is -2.34. The molecule has 0 bridgehead atoms. The van der Waals surface area contributed by atoms with E-state index >= 15 is 0 Å². The molecule has 0 saturated carbocycles. The van der Waals surface area contributed by atoms with E-state index < -0.39 is 16.1 Å². The van der Waals surface area contributed by atoms with Crippen molar-refractivity contribution in [2.45, 2.75) is 40.7 Å². The highest BCUT2D eigenvalue weighted by Gasteiger charge is 2.30. The van der Waals surface area contributed by atoms with Gasteiger partial charge in [-0.3, -0.25) is 9.10 Å². The Balaban J connectivity index is 2.41. The van der Waals surface area contributed by atoms with Gasteiger partial charge in [-0.05, 0) is 69.0 Å². The number of rotatable bonds is 5. The summed E-state index contributed by atoms with van der Waals surface area (Å²) in [6, 6.07) is 10.5. The number of carbonyl (C=O) groups excluding carboxylic acids is 1. The van der Waals surface area contributed by atoms with Crippen LogP contribution in [0.2, 0.25) is 0 Å². The Morgan fingerprint density at radius 2 is 1.50 bits per heavy atom. The Morgan fingerprint density at radius 1 is 0.962 bits per heavy atom. The van der Waals surface area contributed by atoms with Gasteiger partial charge in [-0.15, -0.1) is 0 Å². The summed E-state index contributed by atoms with van der Waals surface area (Å²) in [6.45, 7) is 9.17. The minimum atomic E-state index is -3.64. The zero-order valence-electron chi connectivity index (χ0n) is 16.1. The monoisotopic (exact) mass is 374 g/mol. The van der Waals surface area contributed by atoms with E-state index in [-0.39, 0.29) is 5.91 Å². The van der Waals surface area contributed by atoms with Crippen molar-refractivity contribution in [1.82, 2.24) is 0 Å². The van der Waals surface area contributed by atoms with Crippen molar-refractivity contribution in [1.29, 1.82) is 0 Å².